The summed E-state index contributed by atoms with van der Waals surface area (Å²) in [6.45, 7) is -1.73. The van der Waals surface area contributed by atoms with Crippen molar-refractivity contribution in [3.05, 3.63) is 36.4 Å². The lowest BCUT2D eigenvalue weighted by Gasteiger charge is -2.17. The Morgan fingerprint density at radius 3 is 2.36 bits per heavy atom. The summed E-state index contributed by atoms with van der Waals surface area (Å²) < 4.78 is 94.1. The first-order chi connectivity index (χ1) is 15.5. The van der Waals surface area contributed by atoms with Crippen LogP contribution in [0.5, 0.6) is 17.2 Å². The van der Waals surface area contributed by atoms with Crippen LogP contribution in [-0.4, -0.2) is 52.4 Å². The Morgan fingerprint density at radius 1 is 1.03 bits per heavy atom. The number of rotatable bonds is 8. The van der Waals surface area contributed by atoms with Gasteiger partial charge in [-0.25, -0.2) is 27.5 Å². The van der Waals surface area contributed by atoms with Crippen LogP contribution in [0.1, 0.15) is 0 Å². The van der Waals surface area contributed by atoms with Gasteiger partial charge in [-0.3, -0.25) is 0 Å². The Labute approximate surface area is 185 Å². The van der Waals surface area contributed by atoms with Crippen LogP contribution in [0, 0.1) is 5.82 Å². The third-order valence-corrected chi connectivity index (χ3v) is 5.80. The van der Waals surface area contributed by atoms with Crippen LogP contribution in [0.25, 0.3) is 10.9 Å². The molecule has 2 aromatic carbocycles. The summed E-state index contributed by atoms with van der Waals surface area (Å²) in [7, 11) is -0.412. The van der Waals surface area contributed by atoms with Crippen LogP contribution in [0.2, 0.25) is 0 Å². The van der Waals surface area contributed by atoms with Crippen LogP contribution < -0.4 is 24.2 Å². The molecule has 0 spiro atoms. The van der Waals surface area contributed by atoms with Crippen molar-refractivity contribution >= 4 is 32.4 Å². The maximum absolute atomic E-state index is 14.5. The number of alkyl halides is 3. The van der Waals surface area contributed by atoms with Crippen molar-refractivity contribution in [1.29, 1.82) is 0 Å². The summed E-state index contributed by atoms with van der Waals surface area (Å²) >= 11 is 0. The fraction of sp³-hybridized carbons (Fsp3) is 0.263. The molecular formula is C19H18F4N4O5S. The Morgan fingerprint density at radius 2 is 1.76 bits per heavy atom. The first-order valence-corrected chi connectivity index (χ1v) is 10.6. The minimum absolute atomic E-state index is 0.0378. The topological polar surface area (TPSA) is 112 Å². The first-order valence-electron chi connectivity index (χ1n) is 9.09. The molecule has 0 fully saturated rings. The quantitative estimate of drug-likeness (QED) is 0.463. The van der Waals surface area contributed by atoms with E-state index in [1.165, 1.54) is 20.3 Å². The lowest BCUT2D eigenvalue weighted by molar-refractivity contribution is -0.153. The predicted molar refractivity (Wildman–Crippen MR) is 110 cm³/mol. The maximum atomic E-state index is 14.5. The molecule has 14 heteroatoms. The molecule has 1 heterocycles. The van der Waals surface area contributed by atoms with Gasteiger partial charge in [-0.2, -0.15) is 13.2 Å². The zero-order valence-corrected chi connectivity index (χ0v) is 18.3. The summed E-state index contributed by atoms with van der Waals surface area (Å²) in [5.74, 6) is -1.17. The van der Waals surface area contributed by atoms with Gasteiger partial charge in [0, 0.05) is 18.2 Å². The molecule has 0 radical (unpaired) electrons. The van der Waals surface area contributed by atoms with Crippen molar-refractivity contribution in [3.8, 4) is 17.2 Å². The number of hydrogen-bond donors (Lipinski definition) is 2. The van der Waals surface area contributed by atoms with E-state index >= 15 is 0 Å². The number of benzene rings is 2. The molecule has 3 rings (SSSR count). The van der Waals surface area contributed by atoms with Crippen LogP contribution in [0.3, 0.4) is 0 Å². The third-order valence-electron chi connectivity index (χ3n) is 4.37. The van der Waals surface area contributed by atoms with Crippen molar-refractivity contribution in [2.45, 2.75) is 11.1 Å². The second-order valence-electron chi connectivity index (χ2n) is 6.46. The fourth-order valence-corrected chi connectivity index (χ4v) is 3.67. The maximum Gasteiger partial charge on any atom is 0.422 e. The molecule has 0 bridgehead atoms. The zero-order chi connectivity index (χ0) is 24.4. The Hall–Kier alpha value is -3.39. The van der Waals surface area contributed by atoms with E-state index in [4.69, 9.17) is 14.2 Å². The van der Waals surface area contributed by atoms with Crippen LogP contribution in [-0.2, 0) is 10.0 Å². The first kappa shape index (κ1) is 24.3. The lowest BCUT2D eigenvalue weighted by atomic mass is 10.2. The van der Waals surface area contributed by atoms with Crippen LogP contribution >= 0.6 is 0 Å². The zero-order valence-electron chi connectivity index (χ0n) is 17.4. The average Bonchev–Trinajstić information content (AvgIpc) is 2.77. The molecule has 0 aliphatic heterocycles. The third kappa shape index (κ3) is 5.34. The molecule has 0 unspecified atom stereocenters. The molecule has 1 aromatic heterocycles. The highest BCUT2D eigenvalue weighted by Crippen LogP contribution is 2.38. The van der Waals surface area contributed by atoms with Crippen molar-refractivity contribution in [2.75, 3.05) is 33.2 Å². The molecule has 0 saturated heterocycles. The van der Waals surface area contributed by atoms with Gasteiger partial charge in [0.15, 0.2) is 6.61 Å². The SMILES string of the molecule is CNS(=O)(=O)c1cc(Nc2ncnc3cc(OC)cc(OC)c23)c(OCC(F)(F)F)cc1F. The lowest BCUT2D eigenvalue weighted by Crippen LogP contribution is -2.22. The number of fused-ring (bicyclic) bond motifs is 1. The number of sulfonamides is 1. The standard InChI is InChI=1S/C19H18F4N4O5S/c1-24-33(28,29)16-7-12(14(6-11(16)20)32-8-19(21,22)23)27-18-17-13(25-9-26-18)4-10(30-2)5-15(17)31-3/h4-7,9,24H,8H2,1-3H3,(H,25,26,27). The van der Waals surface area contributed by atoms with Gasteiger partial charge in [0.2, 0.25) is 10.0 Å². The van der Waals surface area contributed by atoms with E-state index in [2.05, 4.69) is 15.3 Å². The van der Waals surface area contributed by atoms with E-state index < -0.39 is 39.3 Å². The van der Waals surface area contributed by atoms with E-state index in [0.717, 1.165) is 19.4 Å². The number of aromatic nitrogens is 2. The van der Waals surface area contributed by atoms with Gasteiger partial charge in [0.05, 0.1) is 30.8 Å². The average molecular weight is 490 g/mol. The predicted octanol–water partition coefficient (Wildman–Crippen LogP) is 3.38. The second-order valence-corrected chi connectivity index (χ2v) is 8.32. The van der Waals surface area contributed by atoms with Gasteiger partial charge in [-0.1, -0.05) is 0 Å². The highest BCUT2D eigenvalue weighted by atomic mass is 32.2. The molecule has 0 amide bonds. The van der Waals surface area contributed by atoms with E-state index in [-0.39, 0.29) is 17.3 Å². The summed E-state index contributed by atoms with van der Waals surface area (Å²) in [5.41, 5.74) is 0.0685. The van der Waals surface area contributed by atoms with Crippen molar-refractivity contribution in [2.24, 2.45) is 0 Å². The summed E-state index contributed by atoms with van der Waals surface area (Å²) in [4.78, 5) is 7.38. The number of ether oxygens (including phenoxy) is 3. The minimum Gasteiger partial charge on any atom is -0.497 e. The summed E-state index contributed by atoms with van der Waals surface area (Å²) in [6.07, 6.45) is -3.56. The molecular weight excluding hydrogens is 472 g/mol. The van der Waals surface area contributed by atoms with E-state index in [1.807, 2.05) is 4.72 Å². The molecule has 0 atom stereocenters. The van der Waals surface area contributed by atoms with Crippen LogP contribution in [0.4, 0.5) is 29.1 Å². The Kier molecular flexibility index (Phi) is 6.78. The molecule has 9 nitrogen and oxygen atoms in total. The molecule has 178 valence electrons. The summed E-state index contributed by atoms with van der Waals surface area (Å²) in [6, 6.07) is 4.44. The van der Waals surface area contributed by atoms with Crippen LogP contribution in [0.15, 0.2) is 35.5 Å². The number of nitrogens with zero attached hydrogens (tertiary/aromatic N) is 2. The number of anilines is 2. The highest BCUT2D eigenvalue weighted by Gasteiger charge is 2.30. The smallest absolute Gasteiger partial charge is 0.422 e. The molecule has 0 aliphatic rings. The van der Waals surface area contributed by atoms with E-state index in [9.17, 15) is 26.0 Å². The molecule has 2 N–H and O–H groups in total. The van der Waals surface area contributed by atoms with E-state index in [0.29, 0.717) is 22.7 Å². The number of methoxy groups -OCH3 is 2. The minimum atomic E-state index is -4.72. The number of nitrogens with one attached hydrogen (secondary N) is 2. The Balaban J connectivity index is 2.19. The second kappa shape index (κ2) is 9.23. The van der Waals surface area contributed by atoms with Gasteiger partial charge in [-0.05, 0) is 13.1 Å². The fourth-order valence-electron chi connectivity index (χ4n) is 2.86. The van der Waals surface area contributed by atoms with Crippen molar-refractivity contribution < 1.29 is 40.2 Å². The highest BCUT2D eigenvalue weighted by molar-refractivity contribution is 7.89. The van der Waals surface area contributed by atoms with Gasteiger partial charge in [0.1, 0.15) is 40.1 Å². The largest absolute Gasteiger partial charge is 0.497 e. The number of halogens is 4. The Bertz CT molecular complexity index is 1290. The molecule has 3 aromatic rings. The summed E-state index contributed by atoms with van der Waals surface area (Å²) in [5, 5.41) is 3.01. The van der Waals surface area contributed by atoms with Gasteiger partial charge >= 0.3 is 6.18 Å². The monoisotopic (exact) mass is 490 g/mol. The van der Waals surface area contributed by atoms with Gasteiger partial charge < -0.3 is 19.5 Å². The molecule has 33 heavy (non-hydrogen) atoms. The normalized spacial score (nSPS) is 12.0. The van der Waals surface area contributed by atoms with Gasteiger partial charge in [-0.15, -0.1) is 0 Å². The number of hydrogen-bond acceptors (Lipinski definition) is 8. The van der Waals surface area contributed by atoms with Crippen molar-refractivity contribution in [1.82, 2.24) is 14.7 Å². The van der Waals surface area contributed by atoms with Gasteiger partial charge in [0.25, 0.3) is 0 Å². The molecule has 0 saturated carbocycles. The van der Waals surface area contributed by atoms with E-state index in [1.54, 1.807) is 6.07 Å². The van der Waals surface area contributed by atoms with Crippen molar-refractivity contribution in [3.63, 3.8) is 0 Å². The molecule has 0 aliphatic carbocycles.